The largest absolute Gasteiger partial charge is 0.464 e. The molecule has 2 N–H and O–H groups in total. The topological polar surface area (TPSA) is 97.0 Å². The number of carbonyl (C=O) groups is 3. The molecule has 1 aliphatic heterocycles. The number of amides is 2. The Kier molecular flexibility index (Phi) is 9.30. The summed E-state index contributed by atoms with van der Waals surface area (Å²) < 4.78 is 9.94. The Morgan fingerprint density at radius 2 is 1.96 bits per heavy atom. The Hall–Kier alpha value is -2.06. The number of aryl methyl sites for hydroxylation is 1. The van der Waals surface area contributed by atoms with Crippen molar-refractivity contribution in [1.82, 2.24) is 10.6 Å². The SMILES string of the molecule is CCOC(=O)C1OC1C(=O)NC(CCSC)C(=O)NCCCc1ccccc1. The van der Waals surface area contributed by atoms with Gasteiger partial charge in [-0.2, -0.15) is 11.8 Å². The molecule has 0 aliphatic carbocycles. The van der Waals surface area contributed by atoms with Crippen molar-refractivity contribution in [3.8, 4) is 0 Å². The Balaban J connectivity index is 1.77. The summed E-state index contributed by atoms with van der Waals surface area (Å²) in [6.45, 7) is 2.45. The summed E-state index contributed by atoms with van der Waals surface area (Å²) >= 11 is 1.60. The van der Waals surface area contributed by atoms with E-state index < -0.39 is 30.1 Å². The van der Waals surface area contributed by atoms with Gasteiger partial charge < -0.3 is 20.1 Å². The molecule has 1 fully saturated rings. The van der Waals surface area contributed by atoms with Gasteiger partial charge in [-0.1, -0.05) is 30.3 Å². The lowest BCUT2D eigenvalue weighted by atomic mass is 10.1. The van der Waals surface area contributed by atoms with Crippen molar-refractivity contribution in [1.29, 1.82) is 0 Å². The number of ether oxygens (including phenoxy) is 2. The lowest BCUT2D eigenvalue weighted by molar-refractivity contribution is -0.144. The number of thioether (sulfide) groups is 1. The van der Waals surface area contributed by atoms with Gasteiger partial charge in [0, 0.05) is 6.54 Å². The molecule has 7 nitrogen and oxygen atoms in total. The molecule has 1 aromatic rings. The molecule has 8 heteroatoms. The molecular formula is C20H28N2O5S. The summed E-state index contributed by atoms with van der Waals surface area (Å²) in [5.41, 5.74) is 1.22. The monoisotopic (exact) mass is 408 g/mol. The molecule has 1 saturated heterocycles. The second-order valence-corrected chi connectivity index (χ2v) is 7.44. The second-order valence-electron chi connectivity index (χ2n) is 6.45. The van der Waals surface area contributed by atoms with E-state index in [-0.39, 0.29) is 12.5 Å². The molecule has 0 bridgehead atoms. The number of carbonyl (C=O) groups excluding carboxylic acids is 3. The van der Waals surface area contributed by atoms with Crippen LogP contribution in [0.5, 0.6) is 0 Å². The van der Waals surface area contributed by atoms with Crippen LogP contribution >= 0.6 is 11.8 Å². The Bertz CT molecular complexity index is 655. The van der Waals surface area contributed by atoms with E-state index in [2.05, 4.69) is 22.8 Å². The average molecular weight is 409 g/mol. The number of nitrogens with one attached hydrogen (secondary N) is 2. The predicted octanol–water partition coefficient (Wildman–Crippen LogP) is 1.30. The van der Waals surface area contributed by atoms with Crippen molar-refractivity contribution in [2.75, 3.05) is 25.2 Å². The highest BCUT2D eigenvalue weighted by molar-refractivity contribution is 7.98. The molecule has 1 aliphatic rings. The fourth-order valence-corrected chi connectivity index (χ4v) is 3.22. The minimum Gasteiger partial charge on any atom is -0.464 e. The van der Waals surface area contributed by atoms with Crippen LogP contribution in [-0.2, 0) is 30.3 Å². The third-order valence-electron chi connectivity index (χ3n) is 4.30. The number of hydrogen-bond donors (Lipinski definition) is 2. The van der Waals surface area contributed by atoms with E-state index in [1.165, 1.54) is 5.56 Å². The zero-order valence-electron chi connectivity index (χ0n) is 16.3. The van der Waals surface area contributed by atoms with Gasteiger partial charge in [0.15, 0.2) is 12.2 Å². The lowest BCUT2D eigenvalue weighted by Crippen LogP contribution is -2.49. The first-order valence-corrected chi connectivity index (χ1v) is 10.9. The molecule has 0 spiro atoms. The van der Waals surface area contributed by atoms with E-state index in [0.717, 1.165) is 18.6 Å². The van der Waals surface area contributed by atoms with Crippen molar-refractivity contribution in [2.45, 2.75) is 44.4 Å². The smallest absolute Gasteiger partial charge is 0.338 e. The Morgan fingerprint density at radius 3 is 2.64 bits per heavy atom. The zero-order chi connectivity index (χ0) is 20.4. The quantitative estimate of drug-likeness (QED) is 0.307. The number of esters is 1. The van der Waals surface area contributed by atoms with Crippen molar-refractivity contribution >= 4 is 29.5 Å². The number of epoxide rings is 1. The normalized spacial score (nSPS) is 18.8. The van der Waals surface area contributed by atoms with Crippen LogP contribution in [0.25, 0.3) is 0 Å². The highest BCUT2D eigenvalue weighted by Crippen LogP contribution is 2.23. The molecular weight excluding hydrogens is 380 g/mol. The van der Waals surface area contributed by atoms with Gasteiger partial charge in [-0.25, -0.2) is 4.79 Å². The van der Waals surface area contributed by atoms with Gasteiger partial charge >= 0.3 is 5.97 Å². The van der Waals surface area contributed by atoms with Crippen LogP contribution in [0.2, 0.25) is 0 Å². The number of rotatable bonds is 12. The summed E-state index contributed by atoms with van der Waals surface area (Å²) in [4.78, 5) is 36.4. The van der Waals surface area contributed by atoms with Crippen molar-refractivity contribution in [3.05, 3.63) is 35.9 Å². The minimum atomic E-state index is -0.873. The molecule has 0 saturated carbocycles. The van der Waals surface area contributed by atoms with Gasteiger partial charge in [-0.15, -0.1) is 0 Å². The maximum Gasteiger partial charge on any atom is 0.338 e. The highest BCUT2D eigenvalue weighted by Gasteiger charge is 2.52. The van der Waals surface area contributed by atoms with E-state index in [1.54, 1.807) is 18.7 Å². The molecule has 2 amide bonds. The van der Waals surface area contributed by atoms with E-state index in [9.17, 15) is 14.4 Å². The van der Waals surface area contributed by atoms with Gasteiger partial charge in [0.25, 0.3) is 5.91 Å². The van der Waals surface area contributed by atoms with Gasteiger partial charge in [-0.05, 0) is 43.8 Å². The first kappa shape index (κ1) is 22.2. The van der Waals surface area contributed by atoms with Gasteiger partial charge in [-0.3, -0.25) is 9.59 Å². The summed E-state index contributed by atoms with van der Waals surface area (Å²) in [6.07, 6.45) is 2.40. The number of hydrogen-bond acceptors (Lipinski definition) is 6. The van der Waals surface area contributed by atoms with Crippen LogP contribution in [-0.4, -0.2) is 61.2 Å². The highest BCUT2D eigenvalue weighted by atomic mass is 32.2. The van der Waals surface area contributed by atoms with E-state index in [1.807, 2.05) is 24.5 Å². The standard InChI is InChI=1S/C20H28N2O5S/c1-3-26-20(25)17-16(27-17)19(24)22-15(11-13-28-2)18(23)21-12-7-10-14-8-5-4-6-9-14/h4-6,8-9,15-17H,3,7,10-13H2,1-2H3,(H,21,23)(H,22,24). The molecule has 28 heavy (non-hydrogen) atoms. The Morgan fingerprint density at radius 1 is 1.21 bits per heavy atom. The molecule has 1 aromatic carbocycles. The maximum absolute atomic E-state index is 12.5. The summed E-state index contributed by atoms with van der Waals surface area (Å²) in [6, 6.07) is 9.42. The van der Waals surface area contributed by atoms with E-state index in [4.69, 9.17) is 9.47 Å². The summed E-state index contributed by atoms with van der Waals surface area (Å²) in [7, 11) is 0. The summed E-state index contributed by atoms with van der Waals surface area (Å²) in [5, 5.41) is 5.59. The molecule has 3 atom stereocenters. The van der Waals surface area contributed by atoms with Crippen LogP contribution in [0.15, 0.2) is 30.3 Å². The lowest BCUT2D eigenvalue weighted by Gasteiger charge is -2.17. The minimum absolute atomic E-state index is 0.219. The van der Waals surface area contributed by atoms with Crippen molar-refractivity contribution < 1.29 is 23.9 Å². The molecule has 154 valence electrons. The van der Waals surface area contributed by atoms with Crippen molar-refractivity contribution in [2.24, 2.45) is 0 Å². The van der Waals surface area contributed by atoms with Gasteiger partial charge in [0.05, 0.1) is 6.61 Å². The van der Waals surface area contributed by atoms with Gasteiger partial charge in [0.2, 0.25) is 5.91 Å². The van der Waals surface area contributed by atoms with E-state index in [0.29, 0.717) is 13.0 Å². The van der Waals surface area contributed by atoms with Crippen LogP contribution in [0.3, 0.4) is 0 Å². The van der Waals surface area contributed by atoms with Crippen LogP contribution in [0.1, 0.15) is 25.3 Å². The molecule has 1 heterocycles. The maximum atomic E-state index is 12.5. The molecule has 0 radical (unpaired) electrons. The van der Waals surface area contributed by atoms with E-state index >= 15 is 0 Å². The third kappa shape index (κ3) is 7.16. The molecule has 2 rings (SSSR count). The number of benzene rings is 1. The zero-order valence-corrected chi connectivity index (χ0v) is 17.1. The summed E-state index contributed by atoms with van der Waals surface area (Å²) in [5.74, 6) is -0.490. The first-order valence-electron chi connectivity index (χ1n) is 9.49. The van der Waals surface area contributed by atoms with Crippen LogP contribution in [0, 0.1) is 0 Å². The van der Waals surface area contributed by atoms with Crippen molar-refractivity contribution in [3.63, 3.8) is 0 Å². The van der Waals surface area contributed by atoms with Crippen LogP contribution < -0.4 is 10.6 Å². The van der Waals surface area contributed by atoms with Gasteiger partial charge in [0.1, 0.15) is 6.04 Å². The average Bonchev–Trinajstić information content (AvgIpc) is 3.50. The second kappa shape index (κ2) is 11.7. The third-order valence-corrected chi connectivity index (χ3v) is 4.94. The fraction of sp³-hybridized carbons (Fsp3) is 0.550. The Labute approximate surface area is 169 Å². The fourth-order valence-electron chi connectivity index (χ4n) is 2.75. The van der Waals surface area contributed by atoms with Crippen LogP contribution in [0.4, 0.5) is 0 Å². The molecule has 3 unspecified atom stereocenters. The molecule has 0 aromatic heterocycles. The predicted molar refractivity (Wildman–Crippen MR) is 108 cm³/mol. The first-order chi connectivity index (χ1) is 13.6.